The molecule has 0 unspecified atom stereocenters. The molecule has 4 rings (SSSR count). The molecule has 2 nitrogen and oxygen atoms in total. The maximum atomic E-state index is 13.3. The second-order valence-corrected chi connectivity index (χ2v) is 7.00. The van der Waals surface area contributed by atoms with Crippen LogP contribution in [0, 0.1) is 0 Å². The molecule has 0 saturated carbocycles. The van der Waals surface area contributed by atoms with E-state index in [1.807, 2.05) is 48.7 Å². The number of nitrogens with zero attached hydrogens (tertiary/aromatic N) is 1. The standard InChI is InChI=1S/C24H23NO/c1-3-8-17(2)25-16-22(21-11-6-7-12-23(21)25)24(26)20-14-13-18-9-4-5-10-19(18)15-20/h4-7,9-17H,3,8H2,1-2H3/t17-/m0/s1. The zero-order valence-electron chi connectivity index (χ0n) is 15.3. The molecule has 0 radical (unpaired) electrons. The van der Waals surface area contributed by atoms with E-state index in [0.717, 1.165) is 45.6 Å². The van der Waals surface area contributed by atoms with Crippen LogP contribution < -0.4 is 0 Å². The number of carbonyl (C=O) groups excluding carboxylic acids is 1. The highest BCUT2D eigenvalue weighted by Gasteiger charge is 2.18. The Balaban J connectivity index is 1.83. The molecule has 26 heavy (non-hydrogen) atoms. The molecular formula is C24H23NO. The molecule has 1 aromatic heterocycles. The molecule has 4 aromatic rings. The van der Waals surface area contributed by atoms with E-state index in [0.29, 0.717) is 6.04 Å². The van der Waals surface area contributed by atoms with Crippen LogP contribution in [0.1, 0.15) is 48.7 Å². The Bertz CT molecular complexity index is 1090. The predicted octanol–water partition coefficient (Wildman–Crippen LogP) is 6.39. The summed E-state index contributed by atoms with van der Waals surface area (Å²) in [6.45, 7) is 4.42. The third-order valence-electron chi connectivity index (χ3n) is 5.18. The fourth-order valence-electron chi connectivity index (χ4n) is 3.79. The van der Waals surface area contributed by atoms with Gasteiger partial charge in [0.2, 0.25) is 0 Å². The van der Waals surface area contributed by atoms with Crippen molar-refractivity contribution in [2.75, 3.05) is 0 Å². The van der Waals surface area contributed by atoms with Gasteiger partial charge in [0.05, 0.1) is 0 Å². The normalized spacial score (nSPS) is 12.5. The molecule has 0 bridgehead atoms. The number of hydrogen-bond acceptors (Lipinski definition) is 1. The fraction of sp³-hybridized carbons (Fsp3) is 0.208. The molecule has 2 heteroatoms. The quantitative estimate of drug-likeness (QED) is 0.386. The van der Waals surface area contributed by atoms with Gasteiger partial charge in [-0.3, -0.25) is 4.79 Å². The Morgan fingerprint density at radius 3 is 2.50 bits per heavy atom. The zero-order valence-corrected chi connectivity index (χ0v) is 15.3. The van der Waals surface area contributed by atoms with Gasteiger partial charge in [0.15, 0.2) is 5.78 Å². The predicted molar refractivity (Wildman–Crippen MR) is 109 cm³/mol. The lowest BCUT2D eigenvalue weighted by Gasteiger charge is -2.13. The first kappa shape index (κ1) is 16.6. The van der Waals surface area contributed by atoms with Gasteiger partial charge in [-0.05, 0) is 36.2 Å². The van der Waals surface area contributed by atoms with Crippen molar-refractivity contribution in [3.8, 4) is 0 Å². The second-order valence-electron chi connectivity index (χ2n) is 7.00. The smallest absolute Gasteiger partial charge is 0.195 e. The van der Waals surface area contributed by atoms with Crippen molar-refractivity contribution < 1.29 is 4.79 Å². The molecule has 0 aliphatic rings. The summed E-state index contributed by atoms with van der Waals surface area (Å²) in [5.41, 5.74) is 2.67. The van der Waals surface area contributed by atoms with Gasteiger partial charge in [-0.15, -0.1) is 0 Å². The highest BCUT2D eigenvalue weighted by Crippen LogP contribution is 2.29. The van der Waals surface area contributed by atoms with E-state index < -0.39 is 0 Å². The monoisotopic (exact) mass is 341 g/mol. The van der Waals surface area contributed by atoms with Crippen LogP contribution in [0.4, 0.5) is 0 Å². The molecule has 3 aromatic carbocycles. The van der Waals surface area contributed by atoms with Crippen LogP contribution in [0.25, 0.3) is 21.7 Å². The molecule has 0 N–H and O–H groups in total. The summed E-state index contributed by atoms with van der Waals surface area (Å²) in [4.78, 5) is 13.3. The van der Waals surface area contributed by atoms with Crippen molar-refractivity contribution in [3.63, 3.8) is 0 Å². The highest BCUT2D eigenvalue weighted by atomic mass is 16.1. The maximum Gasteiger partial charge on any atom is 0.195 e. The number of aromatic nitrogens is 1. The van der Waals surface area contributed by atoms with Gasteiger partial charge in [0.25, 0.3) is 0 Å². The molecule has 0 aliphatic carbocycles. The number of ketones is 1. The molecule has 0 spiro atoms. The number of rotatable bonds is 5. The fourth-order valence-corrected chi connectivity index (χ4v) is 3.79. The first-order chi connectivity index (χ1) is 12.7. The molecule has 0 aliphatic heterocycles. The number of fused-ring (bicyclic) bond motifs is 2. The summed E-state index contributed by atoms with van der Waals surface area (Å²) in [6, 6.07) is 22.7. The van der Waals surface area contributed by atoms with Gasteiger partial charge < -0.3 is 4.57 Å². The van der Waals surface area contributed by atoms with Crippen LogP contribution in [-0.4, -0.2) is 10.4 Å². The van der Waals surface area contributed by atoms with Gasteiger partial charge in [-0.25, -0.2) is 0 Å². The minimum atomic E-state index is 0.0920. The molecule has 130 valence electrons. The van der Waals surface area contributed by atoms with Crippen molar-refractivity contribution in [2.24, 2.45) is 0 Å². The third-order valence-corrected chi connectivity index (χ3v) is 5.18. The van der Waals surface area contributed by atoms with E-state index >= 15 is 0 Å². The third kappa shape index (κ3) is 2.82. The van der Waals surface area contributed by atoms with Crippen LogP contribution >= 0.6 is 0 Å². The van der Waals surface area contributed by atoms with Crippen molar-refractivity contribution in [3.05, 3.63) is 84.1 Å². The topological polar surface area (TPSA) is 22.0 Å². The molecule has 0 fully saturated rings. The molecule has 0 saturated heterocycles. The van der Waals surface area contributed by atoms with E-state index in [1.165, 1.54) is 0 Å². The van der Waals surface area contributed by atoms with Crippen molar-refractivity contribution >= 4 is 27.5 Å². The lowest BCUT2D eigenvalue weighted by molar-refractivity contribution is 0.104. The van der Waals surface area contributed by atoms with Gasteiger partial charge >= 0.3 is 0 Å². The zero-order chi connectivity index (χ0) is 18.1. The number of benzene rings is 3. The number of hydrogen-bond donors (Lipinski definition) is 0. The highest BCUT2D eigenvalue weighted by molar-refractivity contribution is 6.17. The Morgan fingerprint density at radius 2 is 1.69 bits per heavy atom. The van der Waals surface area contributed by atoms with Crippen molar-refractivity contribution in [1.82, 2.24) is 4.57 Å². The summed E-state index contributed by atoms with van der Waals surface area (Å²) in [5, 5.41) is 3.29. The van der Waals surface area contributed by atoms with Crippen LogP contribution in [0.5, 0.6) is 0 Å². The average Bonchev–Trinajstić information content (AvgIpc) is 3.07. The molecule has 1 heterocycles. The van der Waals surface area contributed by atoms with Crippen molar-refractivity contribution in [1.29, 1.82) is 0 Å². The average molecular weight is 341 g/mol. The van der Waals surface area contributed by atoms with Gasteiger partial charge in [0.1, 0.15) is 0 Å². The lowest BCUT2D eigenvalue weighted by Crippen LogP contribution is -2.04. The summed E-state index contributed by atoms with van der Waals surface area (Å²) in [5.74, 6) is 0.0920. The van der Waals surface area contributed by atoms with E-state index in [1.54, 1.807) is 0 Å². The van der Waals surface area contributed by atoms with Gasteiger partial charge in [-0.2, -0.15) is 0 Å². The second kappa shape index (κ2) is 6.80. The largest absolute Gasteiger partial charge is 0.344 e. The molecule has 1 atom stereocenters. The van der Waals surface area contributed by atoms with E-state index in [4.69, 9.17) is 0 Å². The molecular weight excluding hydrogens is 318 g/mol. The Kier molecular flexibility index (Phi) is 4.34. The Hall–Kier alpha value is -2.87. The summed E-state index contributed by atoms with van der Waals surface area (Å²) < 4.78 is 2.26. The number of carbonyl (C=O) groups is 1. The van der Waals surface area contributed by atoms with E-state index in [9.17, 15) is 4.79 Å². The first-order valence-corrected chi connectivity index (χ1v) is 9.32. The van der Waals surface area contributed by atoms with Gasteiger partial charge in [0, 0.05) is 34.3 Å². The van der Waals surface area contributed by atoms with Gasteiger partial charge in [-0.1, -0.05) is 67.9 Å². The minimum Gasteiger partial charge on any atom is -0.344 e. The van der Waals surface area contributed by atoms with E-state index in [-0.39, 0.29) is 5.78 Å². The summed E-state index contributed by atoms with van der Waals surface area (Å²) in [6.07, 6.45) is 4.27. The van der Waals surface area contributed by atoms with Crippen LogP contribution in [0.2, 0.25) is 0 Å². The van der Waals surface area contributed by atoms with Crippen LogP contribution in [0.15, 0.2) is 72.9 Å². The first-order valence-electron chi connectivity index (χ1n) is 9.32. The Morgan fingerprint density at radius 1 is 0.962 bits per heavy atom. The van der Waals surface area contributed by atoms with Crippen LogP contribution in [0.3, 0.4) is 0 Å². The Labute approximate surface area is 154 Å². The molecule has 0 amide bonds. The summed E-state index contributed by atoms with van der Waals surface area (Å²) in [7, 11) is 0. The maximum absolute atomic E-state index is 13.3. The summed E-state index contributed by atoms with van der Waals surface area (Å²) >= 11 is 0. The van der Waals surface area contributed by atoms with Crippen LogP contribution in [-0.2, 0) is 0 Å². The number of para-hydroxylation sites is 1. The minimum absolute atomic E-state index is 0.0920. The van der Waals surface area contributed by atoms with Crippen molar-refractivity contribution in [2.45, 2.75) is 32.7 Å². The van der Waals surface area contributed by atoms with E-state index in [2.05, 4.69) is 42.7 Å². The SMILES string of the molecule is CCC[C@H](C)n1cc(C(=O)c2ccc3ccccc3c2)c2ccccc21. The lowest BCUT2D eigenvalue weighted by atomic mass is 10.00.